The van der Waals surface area contributed by atoms with Gasteiger partial charge in [-0.25, -0.2) is 0 Å². The molecule has 370 valence electrons. The monoisotopic (exact) mass is 1030 g/mol. The molecule has 2 aromatic heterocycles. The maximum atomic E-state index is 2.62. The van der Waals surface area contributed by atoms with Gasteiger partial charge in [-0.3, -0.25) is 0 Å². The normalized spacial score (nSPS) is 13.9. The van der Waals surface area contributed by atoms with Crippen LogP contribution in [0, 0.1) is 0 Å². The Bertz CT molecular complexity index is 4520. The number of rotatable bonds is 10. The van der Waals surface area contributed by atoms with Gasteiger partial charge in [-0.1, -0.05) is 209 Å². The summed E-state index contributed by atoms with van der Waals surface area (Å²) in [7, 11) is -1.65. The van der Waals surface area contributed by atoms with Gasteiger partial charge in [-0.05, 0) is 187 Å². The number of para-hydroxylation sites is 2. The van der Waals surface area contributed by atoms with Crippen LogP contribution in [0.3, 0.4) is 0 Å². The third kappa shape index (κ3) is 7.86. The van der Waals surface area contributed by atoms with Gasteiger partial charge in [0.25, 0.3) is 0 Å². The van der Waals surface area contributed by atoms with Crippen LogP contribution in [0.4, 0.5) is 22.7 Å². The molecule has 0 fully saturated rings. The molecule has 4 heteroatoms. The first kappa shape index (κ1) is 46.4. The second kappa shape index (κ2) is 19.6. The van der Waals surface area contributed by atoms with Crippen LogP contribution in [0.15, 0.2) is 291 Å². The lowest BCUT2D eigenvalue weighted by Gasteiger charge is -2.31. The van der Waals surface area contributed by atoms with E-state index in [1.807, 2.05) is 0 Å². The SMILES string of the molecule is C1=CCCC(N(C2=CCCC=C2)c2ccc(-c3c4cc5c6ccccc6p(-c6ccccc6)c5cc4c(-c4ccc(N(c5ccccc5)c5ccccc5)cc4)c4cc5c6ccccc6p(-c6ccccc6)c5cc34)cc2)=C1. The Morgan fingerprint density at radius 2 is 0.756 bits per heavy atom. The fourth-order valence-corrected chi connectivity index (χ4v) is 17.9. The second-order valence-corrected chi connectivity index (χ2v) is 24.9. The zero-order valence-electron chi connectivity index (χ0n) is 43.2. The molecule has 13 aromatic rings. The van der Waals surface area contributed by atoms with Crippen LogP contribution in [0.1, 0.15) is 25.7 Å². The van der Waals surface area contributed by atoms with Gasteiger partial charge in [0.1, 0.15) is 0 Å². The average Bonchev–Trinajstić information content (AvgIpc) is 4.15. The van der Waals surface area contributed by atoms with Crippen LogP contribution in [-0.4, -0.2) is 0 Å². The number of hydrogen-bond donors (Lipinski definition) is 0. The Morgan fingerprint density at radius 3 is 1.22 bits per heavy atom. The summed E-state index contributed by atoms with van der Waals surface area (Å²) in [6.07, 6.45) is 18.0. The quantitative estimate of drug-likeness (QED) is 0.126. The standard InChI is InChI=1S/C74H54N2P2/c1-7-23-53(24-8-1)75(54-25-9-2-10-26-54)57-43-39-51(40-44-57)73-65-47-63-61-35-19-21-37-69(61)78(60-33-17-6-18-34-60)72(63)50-68(65)74(52-41-45-58(46-42-52)76(55-27-11-3-12-28-55)56-29-13-4-14-30-56)66-48-64-62-36-20-22-38-70(62)77(71(64)49-67(66)73)59-31-15-5-16-32-59/h1-3,5-11,13,15-27,29-50H,4,12,14,28H2. The molecule has 0 saturated heterocycles. The summed E-state index contributed by atoms with van der Waals surface area (Å²) < 4.78 is 0. The van der Waals surface area contributed by atoms with Gasteiger partial charge < -0.3 is 9.80 Å². The number of anilines is 4. The van der Waals surface area contributed by atoms with E-state index in [0.29, 0.717) is 0 Å². The van der Waals surface area contributed by atoms with Crippen molar-refractivity contribution < 1.29 is 0 Å². The van der Waals surface area contributed by atoms with Crippen molar-refractivity contribution in [2.75, 3.05) is 9.80 Å². The minimum atomic E-state index is -0.825. The van der Waals surface area contributed by atoms with E-state index < -0.39 is 15.1 Å². The van der Waals surface area contributed by atoms with E-state index in [1.165, 1.54) is 114 Å². The largest absolute Gasteiger partial charge is 0.315 e. The highest BCUT2D eigenvalue weighted by Gasteiger charge is 2.25. The Morgan fingerprint density at radius 1 is 0.321 bits per heavy atom. The molecule has 78 heavy (non-hydrogen) atoms. The Hall–Kier alpha value is -8.90. The van der Waals surface area contributed by atoms with Crippen LogP contribution in [0.2, 0.25) is 0 Å². The number of hydrogen-bond acceptors (Lipinski definition) is 2. The molecular weight excluding hydrogens is 979 g/mol. The van der Waals surface area contributed by atoms with E-state index in [9.17, 15) is 0 Å². The first-order valence-electron chi connectivity index (χ1n) is 27.4. The van der Waals surface area contributed by atoms with Crippen molar-refractivity contribution in [1.29, 1.82) is 0 Å². The third-order valence-corrected chi connectivity index (χ3v) is 21.2. The van der Waals surface area contributed by atoms with Gasteiger partial charge in [0.05, 0.1) is 0 Å². The first-order valence-corrected chi connectivity index (χ1v) is 30.1. The lowest BCUT2D eigenvalue weighted by molar-refractivity contribution is 0.887. The molecule has 0 N–H and O–H groups in total. The van der Waals surface area contributed by atoms with Crippen LogP contribution in [0.25, 0.3) is 96.4 Å². The second-order valence-electron chi connectivity index (χ2n) is 20.6. The number of allylic oxidation sites excluding steroid dienone is 7. The Kier molecular flexibility index (Phi) is 11.7. The lowest BCUT2D eigenvalue weighted by atomic mass is 9.84. The van der Waals surface area contributed by atoms with E-state index in [-0.39, 0.29) is 0 Å². The van der Waals surface area contributed by atoms with Gasteiger partial charge in [0, 0.05) is 54.6 Å². The van der Waals surface area contributed by atoms with Crippen molar-refractivity contribution in [2.24, 2.45) is 0 Å². The van der Waals surface area contributed by atoms with Crippen molar-refractivity contribution in [2.45, 2.75) is 25.7 Å². The highest BCUT2D eigenvalue weighted by molar-refractivity contribution is 7.68. The molecule has 2 aliphatic carbocycles. The molecule has 2 unspecified atom stereocenters. The minimum Gasteiger partial charge on any atom is -0.315 e. The van der Waals surface area contributed by atoms with Crippen molar-refractivity contribution in [3.8, 4) is 32.9 Å². The molecule has 2 heterocycles. The number of nitrogens with zero attached hydrogens (tertiary/aromatic N) is 2. The van der Waals surface area contributed by atoms with E-state index in [1.54, 1.807) is 0 Å². The molecule has 15 rings (SSSR count). The van der Waals surface area contributed by atoms with Crippen LogP contribution >= 0.6 is 15.1 Å². The van der Waals surface area contributed by atoms with E-state index in [4.69, 9.17) is 0 Å². The summed E-state index contributed by atoms with van der Waals surface area (Å²) in [4.78, 5) is 4.86. The van der Waals surface area contributed by atoms with Gasteiger partial charge in [0.15, 0.2) is 0 Å². The maximum absolute atomic E-state index is 2.62. The predicted octanol–water partition coefficient (Wildman–Crippen LogP) is 22.6. The first-order chi connectivity index (χ1) is 38.7. The van der Waals surface area contributed by atoms with E-state index in [2.05, 4.69) is 289 Å². The number of benzene rings is 11. The predicted molar refractivity (Wildman–Crippen MR) is 341 cm³/mol. The average molecular weight is 1030 g/mol. The van der Waals surface area contributed by atoms with Crippen molar-refractivity contribution in [3.05, 3.63) is 291 Å². The van der Waals surface area contributed by atoms with Crippen molar-refractivity contribution in [1.82, 2.24) is 0 Å². The Labute approximate surface area is 457 Å². The third-order valence-electron chi connectivity index (χ3n) is 16.1. The molecule has 2 atom stereocenters. The van der Waals surface area contributed by atoms with Crippen LogP contribution in [-0.2, 0) is 0 Å². The fraction of sp³-hybridized carbons (Fsp3) is 0.0541. The Balaban J connectivity index is 1.06. The minimum absolute atomic E-state index is 0.824. The molecule has 0 aliphatic heterocycles. The zero-order chi connectivity index (χ0) is 51.5. The zero-order valence-corrected chi connectivity index (χ0v) is 45.0. The van der Waals surface area contributed by atoms with Crippen molar-refractivity contribution in [3.63, 3.8) is 0 Å². The fourth-order valence-electron chi connectivity index (χ4n) is 12.7. The molecule has 11 aromatic carbocycles. The van der Waals surface area contributed by atoms with Gasteiger partial charge in [0.2, 0.25) is 0 Å². The van der Waals surface area contributed by atoms with Crippen molar-refractivity contribution >= 4 is 101 Å². The van der Waals surface area contributed by atoms with Crippen LogP contribution in [0.5, 0.6) is 0 Å². The molecular formula is C74H54N2P2. The number of fused-ring (bicyclic) bond motifs is 8. The molecule has 0 amide bonds. The van der Waals surface area contributed by atoms with Gasteiger partial charge >= 0.3 is 0 Å². The summed E-state index contributed by atoms with van der Waals surface area (Å²) in [5.74, 6) is 0. The van der Waals surface area contributed by atoms with Gasteiger partial charge in [-0.15, -0.1) is 0 Å². The topological polar surface area (TPSA) is 6.48 Å². The van der Waals surface area contributed by atoms with E-state index >= 15 is 0 Å². The smallest absolute Gasteiger partial charge is 0.0462 e. The molecule has 0 radical (unpaired) electrons. The van der Waals surface area contributed by atoms with Gasteiger partial charge in [-0.2, -0.15) is 0 Å². The molecule has 0 spiro atoms. The van der Waals surface area contributed by atoms with Crippen LogP contribution < -0.4 is 9.80 Å². The molecule has 0 saturated carbocycles. The summed E-state index contributed by atoms with van der Waals surface area (Å²) in [6.45, 7) is 0. The summed E-state index contributed by atoms with van der Waals surface area (Å²) in [5.41, 5.74) is 12.1. The summed E-state index contributed by atoms with van der Waals surface area (Å²) in [5, 5.41) is 18.9. The van der Waals surface area contributed by atoms with E-state index in [0.717, 1.165) is 42.7 Å². The molecule has 2 aliphatic rings. The molecule has 0 bridgehead atoms. The highest BCUT2D eigenvalue weighted by atomic mass is 31.1. The maximum Gasteiger partial charge on any atom is 0.0462 e. The lowest BCUT2D eigenvalue weighted by Crippen LogP contribution is -2.22. The summed E-state index contributed by atoms with van der Waals surface area (Å²) >= 11 is 0. The summed E-state index contributed by atoms with van der Waals surface area (Å²) in [6, 6.07) is 91.9. The highest BCUT2D eigenvalue weighted by Crippen LogP contribution is 2.60. The molecule has 2 nitrogen and oxygen atoms in total.